The maximum absolute atomic E-state index is 16.0. The molecule has 1 aromatic carbocycles. The molecule has 0 spiro atoms. The number of fused-ring (bicyclic) bond motifs is 1. The second-order valence-electron chi connectivity index (χ2n) is 12.2. The van der Waals surface area contributed by atoms with Crippen molar-refractivity contribution >= 4 is 23.1 Å². The zero-order valence-corrected chi connectivity index (χ0v) is 23.9. The van der Waals surface area contributed by atoms with Crippen LogP contribution in [-0.2, 0) is 21.7 Å². The second kappa shape index (κ2) is 8.22. The number of thiophene rings is 1. The van der Waals surface area contributed by atoms with Crippen LogP contribution in [0.2, 0.25) is 0 Å². The Morgan fingerprint density at radius 2 is 1.81 bits per heavy atom. The minimum Gasteiger partial charge on any atom is -0.416 e. The smallest absolute Gasteiger partial charge is 0.308 e. The number of aryl methyl sites for hydroxylation is 1. The van der Waals surface area contributed by atoms with Crippen molar-refractivity contribution in [3.8, 4) is 5.06 Å². The highest BCUT2D eigenvalue weighted by atomic mass is 32.1. The molecule has 0 radical (unpaired) electrons. The fourth-order valence-corrected chi connectivity index (χ4v) is 7.99. The molecule has 6 heteroatoms. The van der Waals surface area contributed by atoms with E-state index < -0.39 is 35.1 Å². The number of ether oxygens (including phenoxy) is 1. The lowest BCUT2D eigenvalue weighted by molar-refractivity contribution is -0.145. The molecule has 0 amide bonds. The van der Waals surface area contributed by atoms with Crippen LogP contribution in [0.15, 0.2) is 18.2 Å². The highest BCUT2D eigenvalue weighted by Crippen LogP contribution is 2.71. The highest BCUT2D eigenvalue weighted by molar-refractivity contribution is 7.14. The molecule has 0 saturated heterocycles. The van der Waals surface area contributed by atoms with Crippen LogP contribution in [0, 0.1) is 36.4 Å². The SMILES string of the molecule is [2H]C([2H])([2H])C(=O)Oc1cc2c(s1)C(C)C(C)(C)N(C(C)(C(=O)C1(C)C(C)C1(C)C)c1c(F)ccc(C)c1C)C2. The third-order valence-electron chi connectivity index (χ3n) is 10.3. The van der Waals surface area contributed by atoms with Crippen LogP contribution in [0.1, 0.15) is 99.4 Å². The summed E-state index contributed by atoms with van der Waals surface area (Å²) in [5.41, 5.74) is 0.117. The Kier molecular flexibility index (Phi) is 5.28. The molecule has 0 N–H and O–H groups in total. The first-order chi connectivity index (χ1) is 17.6. The molecule has 36 heavy (non-hydrogen) atoms. The van der Waals surface area contributed by atoms with Gasteiger partial charge in [-0.3, -0.25) is 14.5 Å². The van der Waals surface area contributed by atoms with Crippen molar-refractivity contribution in [3.63, 3.8) is 0 Å². The highest BCUT2D eigenvalue weighted by Gasteiger charge is 2.73. The number of halogens is 1. The number of carbonyl (C=O) groups is 2. The molecule has 1 aliphatic heterocycles. The Hall–Kier alpha value is -2.05. The Morgan fingerprint density at radius 1 is 1.19 bits per heavy atom. The number of hydrogen-bond acceptors (Lipinski definition) is 5. The summed E-state index contributed by atoms with van der Waals surface area (Å²) in [6.07, 6.45) is 0. The molecule has 2 heterocycles. The van der Waals surface area contributed by atoms with Gasteiger partial charge in [0.25, 0.3) is 0 Å². The molecule has 4 nitrogen and oxygen atoms in total. The molecule has 4 unspecified atom stereocenters. The van der Waals surface area contributed by atoms with Gasteiger partial charge in [-0.05, 0) is 74.8 Å². The average Bonchev–Trinajstić information content (AvgIpc) is 3.10. The van der Waals surface area contributed by atoms with Gasteiger partial charge in [-0.15, -0.1) is 11.3 Å². The number of Topliss-reactive ketones (excluding diaryl/α,β-unsaturated/α-hetero) is 1. The van der Waals surface area contributed by atoms with E-state index in [2.05, 4.69) is 39.5 Å². The molecule has 1 aliphatic carbocycles. The van der Waals surface area contributed by atoms with E-state index >= 15 is 4.39 Å². The number of rotatable bonds is 5. The Balaban J connectivity index is 1.91. The van der Waals surface area contributed by atoms with Crippen molar-refractivity contribution in [1.29, 1.82) is 0 Å². The molecule has 196 valence electrons. The lowest BCUT2D eigenvalue weighted by Crippen LogP contribution is -2.63. The number of benzene rings is 1. The van der Waals surface area contributed by atoms with E-state index in [9.17, 15) is 9.59 Å². The summed E-state index contributed by atoms with van der Waals surface area (Å²) in [5, 5.41) is 0.209. The van der Waals surface area contributed by atoms with Crippen molar-refractivity contribution in [2.24, 2.45) is 16.7 Å². The predicted octanol–water partition coefficient (Wildman–Crippen LogP) is 7.29. The summed E-state index contributed by atoms with van der Waals surface area (Å²) in [5.74, 6) is -1.69. The first-order valence-corrected chi connectivity index (χ1v) is 13.4. The molecular formula is C30H40FNO3S. The van der Waals surface area contributed by atoms with Gasteiger partial charge in [-0.25, -0.2) is 4.39 Å². The third-order valence-corrected chi connectivity index (χ3v) is 11.6. The van der Waals surface area contributed by atoms with Crippen molar-refractivity contribution in [1.82, 2.24) is 4.90 Å². The summed E-state index contributed by atoms with van der Waals surface area (Å²) < 4.78 is 43.3. The fraction of sp³-hybridized carbons (Fsp3) is 0.600. The monoisotopic (exact) mass is 516 g/mol. The number of ketones is 1. The number of nitrogens with zero attached hydrogens (tertiary/aromatic N) is 1. The normalized spacial score (nSPS) is 29.8. The van der Waals surface area contributed by atoms with Crippen LogP contribution >= 0.6 is 11.3 Å². The molecule has 1 saturated carbocycles. The molecule has 1 fully saturated rings. The summed E-state index contributed by atoms with van der Waals surface area (Å²) >= 11 is 1.26. The van der Waals surface area contributed by atoms with Crippen LogP contribution in [0.5, 0.6) is 5.06 Å². The molecule has 4 rings (SSSR count). The molecule has 2 aromatic rings. The minimum atomic E-state index is -2.87. The summed E-state index contributed by atoms with van der Waals surface area (Å²) in [7, 11) is 0. The minimum absolute atomic E-state index is 0.00638. The fourth-order valence-electron chi connectivity index (χ4n) is 6.73. The number of hydrogen-bond donors (Lipinski definition) is 0. The lowest BCUT2D eigenvalue weighted by Gasteiger charge is -2.55. The zero-order valence-electron chi connectivity index (χ0n) is 26.1. The molecule has 4 atom stereocenters. The molecule has 1 aromatic heterocycles. The summed E-state index contributed by atoms with van der Waals surface area (Å²) in [6.45, 7) is 17.6. The third kappa shape index (κ3) is 3.47. The van der Waals surface area contributed by atoms with Gasteiger partial charge < -0.3 is 4.74 Å². The van der Waals surface area contributed by atoms with E-state index in [-0.39, 0.29) is 28.1 Å². The Bertz CT molecular complexity index is 1360. The first kappa shape index (κ1) is 23.1. The quantitative estimate of drug-likeness (QED) is 0.391. The molecular weight excluding hydrogens is 473 g/mol. The summed E-state index contributed by atoms with van der Waals surface area (Å²) in [6, 6.07) is 4.89. The van der Waals surface area contributed by atoms with Gasteiger partial charge in [0.1, 0.15) is 11.4 Å². The van der Waals surface area contributed by atoms with Crippen molar-refractivity contribution < 1.29 is 22.8 Å². The maximum Gasteiger partial charge on any atom is 0.308 e. The van der Waals surface area contributed by atoms with E-state index in [1.165, 1.54) is 17.4 Å². The zero-order chi connectivity index (χ0) is 29.7. The van der Waals surface area contributed by atoms with Gasteiger partial charge in [-0.1, -0.05) is 40.7 Å². The van der Waals surface area contributed by atoms with Gasteiger partial charge >= 0.3 is 5.97 Å². The number of esters is 1. The predicted molar refractivity (Wildman–Crippen MR) is 143 cm³/mol. The average molecular weight is 517 g/mol. The van der Waals surface area contributed by atoms with E-state index in [0.29, 0.717) is 12.1 Å². The second-order valence-corrected chi connectivity index (χ2v) is 13.3. The Morgan fingerprint density at radius 3 is 2.36 bits per heavy atom. The van der Waals surface area contributed by atoms with Gasteiger partial charge in [0, 0.05) is 44.8 Å². The van der Waals surface area contributed by atoms with E-state index in [1.54, 1.807) is 12.1 Å². The maximum atomic E-state index is 16.0. The topological polar surface area (TPSA) is 46.6 Å². The van der Waals surface area contributed by atoms with Crippen molar-refractivity contribution in [3.05, 3.63) is 51.1 Å². The van der Waals surface area contributed by atoms with E-state index in [4.69, 9.17) is 8.85 Å². The molecule has 0 bridgehead atoms. The van der Waals surface area contributed by atoms with Gasteiger partial charge in [0.2, 0.25) is 0 Å². The van der Waals surface area contributed by atoms with Gasteiger partial charge in [-0.2, -0.15) is 0 Å². The van der Waals surface area contributed by atoms with Crippen LogP contribution < -0.4 is 4.74 Å². The van der Waals surface area contributed by atoms with Crippen LogP contribution in [0.25, 0.3) is 0 Å². The van der Waals surface area contributed by atoms with E-state index in [0.717, 1.165) is 21.6 Å². The first-order valence-electron chi connectivity index (χ1n) is 14.1. The van der Waals surface area contributed by atoms with Gasteiger partial charge in [0.05, 0.1) is 0 Å². The van der Waals surface area contributed by atoms with Crippen LogP contribution in [0.3, 0.4) is 0 Å². The van der Waals surface area contributed by atoms with Crippen LogP contribution in [0.4, 0.5) is 4.39 Å². The van der Waals surface area contributed by atoms with Gasteiger partial charge in [0.15, 0.2) is 10.8 Å². The van der Waals surface area contributed by atoms with Crippen molar-refractivity contribution in [2.45, 2.75) is 99.6 Å². The number of carbonyl (C=O) groups excluding carboxylic acids is 2. The largest absolute Gasteiger partial charge is 0.416 e. The lowest BCUT2D eigenvalue weighted by atomic mass is 9.69. The van der Waals surface area contributed by atoms with Crippen molar-refractivity contribution in [2.75, 3.05) is 0 Å². The standard InChI is InChI=1S/C30H40FNO3S/c1-16-12-13-22(31)24(17(16)2)30(11,26(34)29(10)19(4)27(29,6)7)32-15-21-14-23(35-20(5)33)36-25(21)18(3)28(32,8)9/h12-14,18-19H,15H2,1-11H3/i5D3. The Labute approximate surface area is 223 Å². The molecule has 2 aliphatic rings. The van der Waals surface area contributed by atoms with E-state index in [1.807, 2.05) is 34.6 Å². The van der Waals surface area contributed by atoms with Crippen LogP contribution in [-0.4, -0.2) is 22.2 Å². The summed E-state index contributed by atoms with van der Waals surface area (Å²) in [4.78, 5) is 30.1.